The molecule has 2 atom stereocenters. The van der Waals surface area contributed by atoms with E-state index in [0.29, 0.717) is 12.0 Å². The zero-order valence-corrected chi connectivity index (χ0v) is 15.8. The van der Waals surface area contributed by atoms with Gasteiger partial charge in [-0.05, 0) is 60.9 Å². The van der Waals surface area contributed by atoms with Crippen molar-refractivity contribution in [2.45, 2.75) is 51.3 Å². The van der Waals surface area contributed by atoms with Crippen LogP contribution in [0.25, 0.3) is 5.57 Å². The van der Waals surface area contributed by atoms with Crippen LogP contribution in [0.5, 0.6) is 0 Å². The van der Waals surface area contributed by atoms with E-state index in [2.05, 4.69) is 0 Å². The van der Waals surface area contributed by atoms with Crippen molar-refractivity contribution in [3.63, 3.8) is 0 Å². The Morgan fingerprint density at radius 2 is 1.93 bits per heavy atom. The fourth-order valence-corrected chi connectivity index (χ4v) is 4.31. The molecule has 1 amide bonds. The summed E-state index contributed by atoms with van der Waals surface area (Å²) < 4.78 is 33.1. The van der Waals surface area contributed by atoms with Crippen LogP contribution in [-0.2, 0) is 11.3 Å². The molecule has 0 aromatic heterocycles. The molecule has 0 aliphatic carbocycles. The van der Waals surface area contributed by atoms with Crippen LogP contribution in [-0.4, -0.2) is 23.1 Å². The Labute approximate surface area is 163 Å². The molecule has 146 valence electrons. The highest BCUT2D eigenvalue weighted by molar-refractivity contribution is 5.75. The van der Waals surface area contributed by atoms with Gasteiger partial charge in [-0.25, -0.2) is 13.6 Å². The zero-order valence-electron chi connectivity index (χ0n) is 15.8. The molecule has 2 aliphatic heterocycles. The second-order valence-corrected chi connectivity index (χ2v) is 7.53. The number of carbonyl (C=O) groups excluding carboxylic acids is 1. The molecular weight excluding hydrogens is 360 g/mol. The van der Waals surface area contributed by atoms with Gasteiger partial charge in [0.05, 0.1) is 6.04 Å². The summed E-state index contributed by atoms with van der Waals surface area (Å²) in [5.41, 5.74) is 2.99. The summed E-state index contributed by atoms with van der Waals surface area (Å²) in [7, 11) is 0. The van der Waals surface area contributed by atoms with E-state index < -0.39 is 11.6 Å². The van der Waals surface area contributed by atoms with Crippen molar-refractivity contribution in [1.82, 2.24) is 4.90 Å². The number of fused-ring (bicyclic) bond motifs is 2. The van der Waals surface area contributed by atoms with E-state index in [-0.39, 0.29) is 24.8 Å². The molecule has 0 saturated carbocycles. The summed E-state index contributed by atoms with van der Waals surface area (Å²) in [6, 6.07) is 12.4. The summed E-state index contributed by atoms with van der Waals surface area (Å²) >= 11 is 0. The number of piperidine rings is 1. The molecule has 2 bridgehead atoms. The van der Waals surface area contributed by atoms with Gasteiger partial charge in [0.2, 0.25) is 0 Å². The quantitative estimate of drug-likeness (QED) is 0.688. The minimum Gasteiger partial charge on any atom is -0.445 e. The monoisotopic (exact) mass is 383 g/mol. The fraction of sp³-hybridized carbons (Fsp3) is 0.348. The van der Waals surface area contributed by atoms with Crippen LogP contribution in [0.2, 0.25) is 0 Å². The van der Waals surface area contributed by atoms with Gasteiger partial charge in [-0.15, -0.1) is 0 Å². The SMILES string of the molecule is Cc1c(C2=CC3CCCC(C2)N3C(=O)OCc2ccccc2)ccc(F)c1F. The van der Waals surface area contributed by atoms with Crippen molar-refractivity contribution in [3.05, 3.63) is 76.9 Å². The predicted molar refractivity (Wildman–Crippen MR) is 104 cm³/mol. The molecule has 4 rings (SSSR count). The maximum absolute atomic E-state index is 14.0. The summed E-state index contributed by atoms with van der Waals surface area (Å²) in [6.07, 6.45) is 5.12. The van der Waals surface area contributed by atoms with Crippen LogP contribution < -0.4 is 0 Å². The van der Waals surface area contributed by atoms with E-state index in [4.69, 9.17) is 4.74 Å². The van der Waals surface area contributed by atoms with E-state index in [9.17, 15) is 13.6 Å². The van der Waals surface area contributed by atoms with E-state index in [0.717, 1.165) is 36.0 Å². The first-order valence-corrected chi connectivity index (χ1v) is 9.69. The van der Waals surface area contributed by atoms with E-state index in [1.807, 2.05) is 41.3 Å². The Bertz CT molecular complexity index is 910. The highest BCUT2D eigenvalue weighted by Gasteiger charge is 2.38. The third-order valence-corrected chi connectivity index (χ3v) is 5.74. The van der Waals surface area contributed by atoms with Crippen LogP contribution in [0.3, 0.4) is 0 Å². The van der Waals surface area contributed by atoms with Gasteiger partial charge in [-0.1, -0.05) is 42.5 Å². The standard InChI is InChI=1S/C23H23F2NO2/c1-15-20(10-11-21(24)22(15)25)17-12-18-8-5-9-19(13-17)26(18)23(27)28-14-16-6-3-2-4-7-16/h2-4,6-7,10-12,18-19H,5,8-9,13-14H2,1H3. The molecule has 3 nitrogen and oxygen atoms in total. The average Bonchev–Trinajstić information content (AvgIpc) is 2.70. The summed E-state index contributed by atoms with van der Waals surface area (Å²) in [5, 5.41) is 0. The predicted octanol–water partition coefficient (Wildman–Crippen LogP) is 5.62. The highest BCUT2D eigenvalue weighted by Crippen LogP contribution is 2.38. The zero-order chi connectivity index (χ0) is 19.7. The third kappa shape index (κ3) is 3.53. The molecule has 0 spiro atoms. The van der Waals surface area contributed by atoms with E-state index in [1.54, 1.807) is 13.0 Å². The topological polar surface area (TPSA) is 29.5 Å². The lowest BCUT2D eigenvalue weighted by Crippen LogP contribution is -2.51. The van der Waals surface area contributed by atoms with Crippen molar-refractivity contribution >= 4 is 11.7 Å². The third-order valence-electron chi connectivity index (χ3n) is 5.74. The Morgan fingerprint density at radius 3 is 2.68 bits per heavy atom. The van der Waals surface area contributed by atoms with Gasteiger partial charge in [-0.3, -0.25) is 4.90 Å². The smallest absolute Gasteiger partial charge is 0.410 e. The first kappa shape index (κ1) is 18.7. The van der Waals surface area contributed by atoms with Crippen molar-refractivity contribution in [3.8, 4) is 0 Å². The van der Waals surface area contributed by atoms with Crippen molar-refractivity contribution in [1.29, 1.82) is 0 Å². The van der Waals surface area contributed by atoms with Crippen LogP contribution in [0.4, 0.5) is 13.6 Å². The Hall–Kier alpha value is -2.69. The van der Waals surface area contributed by atoms with Crippen molar-refractivity contribution < 1.29 is 18.3 Å². The van der Waals surface area contributed by atoms with Gasteiger partial charge in [0.15, 0.2) is 11.6 Å². The molecule has 2 heterocycles. The second-order valence-electron chi connectivity index (χ2n) is 7.53. The first-order valence-electron chi connectivity index (χ1n) is 9.69. The molecule has 2 unspecified atom stereocenters. The second kappa shape index (κ2) is 7.74. The van der Waals surface area contributed by atoms with Crippen LogP contribution >= 0.6 is 0 Å². The highest BCUT2D eigenvalue weighted by atomic mass is 19.2. The molecule has 28 heavy (non-hydrogen) atoms. The molecular formula is C23H23F2NO2. The van der Waals surface area contributed by atoms with Gasteiger partial charge in [0, 0.05) is 6.04 Å². The lowest BCUT2D eigenvalue weighted by molar-refractivity contribution is 0.0510. The van der Waals surface area contributed by atoms with E-state index in [1.165, 1.54) is 6.07 Å². The number of ether oxygens (including phenoxy) is 1. The van der Waals surface area contributed by atoms with Crippen molar-refractivity contribution in [2.24, 2.45) is 0 Å². The van der Waals surface area contributed by atoms with Crippen LogP contribution in [0.1, 0.15) is 42.4 Å². The van der Waals surface area contributed by atoms with Crippen LogP contribution in [0.15, 0.2) is 48.5 Å². The maximum Gasteiger partial charge on any atom is 0.410 e. The molecule has 2 aromatic rings. The number of benzene rings is 2. The minimum atomic E-state index is -0.830. The largest absolute Gasteiger partial charge is 0.445 e. The van der Waals surface area contributed by atoms with Gasteiger partial charge >= 0.3 is 6.09 Å². The number of rotatable bonds is 3. The Balaban J connectivity index is 1.54. The lowest BCUT2D eigenvalue weighted by atomic mass is 9.82. The number of hydrogen-bond acceptors (Lipinski definition) is 2. The molecule has 1 fully saturated rings. The number of nitrogens with zero attached hydrogens (tertiary/aromatic N) is 1. The van der Waals surface area contributed by atoms with Gasteiger partial charge in [0.1, 0.15) is 6.61 Å². The number of hydrogen-bond donors (Lipinski definition) is 0. The Morgan fingerprint density at radius 1 is 1.14 bits per heavy atom. The van der Waals surface area contributed by atoms with Gasteiger partial charge in [0.25, 0.3) is 0 Å². The maximum atomic E-state index is 14.0. The number of halogens is 2. The first-order chi connectivity index (χ1) is 13.5. The average molecular weight is 383 g/mol. The summed E-state index contributed by atoms with van der Waals surface area (Å²) in [6.45, 7) is 1.85. The minimum absolute atomic E-state index is 0.0227. The molecule has 0 radical (unpaired) electrons. The van der Waals surface area contributed by atoms with E-state index >= 15 is 0 Å². The number of carbonyl (C=O) groups is 1. The Kier molecular flexibility index (Phi) is 5.16. The molecule has 2 aliphatic rings. The summed E-state index contributed by atoms with van der Waals surface area (Å²) in [4.78, 5) is 14.6. The normalized spacial score (nSPS) is 21.2. The van der Waals surface area contributed by atoms with Gasteiger partial charge < -0.3 is 4.74 Å². The molecule has 1 saturated heterocycles. The summed E-state index contributed by atoms with van der Waals surface area (Å²) in [5.74, 6) is -1.63. The molecule has 2 aromatic carbocycles. The lowest BCUT2D eigenvalue weighted by Gasteiger charge is -2.44. The van der Waals surface area contributed by atoms with Gasteiger partial charge in [-0.2, -0.15) is 0 Å². The van der Waals surface area contributed by atoms with Crippen molar-refractivity contribution in [2.75, 3.05) is 0 Å². The number of amides is 1. The van der Waals surface area contributed by atoms with Crippen LogP contribution in [0, 0.1) is 18.6 Å². The molecule has 5 heteroatoms. The fourth-order valence-electron chi connectivity index (χ4n) is 4.31. The molecule has 0 N–H and O–H groups in total.